The van der Waals surface area contributed by atoms with Crippen molar-refractivity contribution in [3.8, 4) is 0 Å². The van der Waals surface area contributed by atoms with Crippen LogP contribution in [0.3, 0.4) is 0 Å². The van der Waals surface area contributed by atoms with Crippen LogP contribution < -0.4 is 5.32 Å². The van der Waals surface area contributed by atoms with Gasteiger partial charge in [0.05, 0.1) is 24.2 Å². The number of imidazole rings is 1. The van der Waals surface area contributed by atoms with Gasteiger partial charge < -0.3 is 14.6 Å². The van der Waals surface area contributed by atoms with Crippen molar-refractivity contribution in [1.82, 2.24) is 14.9 Å². The minimum absolute atomic E-state index is 0.356. The molecule has 4 heteroatoms. The van der Waals surface area contributed by atoms with Crippen molar-refractivity contribution in [3.63, 3.8) is 0 Å². The molecule has 0 spiro atoms. The van der Waals surface area contributed by atoms with Gasteiger partial charge in [0.15, 0.2) is 0 Å². The van der Waals surface area contributed by atoms with Crippen LogP contribution in [0.25, 0.3) is 0 Å². The van der Waals surface area contributed by atoms with Crippen LogP contribution in [0.1, 0.15) is 44.3 Å². The van der Waals surface area contributed by atoms with Crippen LogP contribution in [0.2, 0.25) is 0 Å². The molecule has 2 rings (SSSR count). The number of rotatable bonds is 6. The van der Waals surface area contributed by atoms with Crippen LogP contribution >= 0.6 is 0 Å². The van der Waals surface area contributed by atoms with Crippen molar-refractivity contribution in [2.45, 2.75) is 51.3 Å². The molecule has 4 nitrogen and oxygen atoms in total. The molecule has 1 aliphatic rings. The molecule has 1 N–H and O–H groups in total. The number of aromatic nitrogens is 2. The van der Waals surface area contributed by atoms with Crippen LogP contribution in [0, 0.1) is 0 Å². The topological polar surface area (TPSA) is 39.1 Å². The molecule has 0 amide bonds. The van der Waals surface area contributed by atoms with E-state index in [2.05, 4.69) is 21.8 Å². The smallest absolute Gasteiger partial charge is 0.0952 e. The van der Waals surface area contributed by atoms with E-state index >= 15 is 0 Å². The minimum atomic E-state index is 0.356. The summed E-state index contributed by atoms with van der Waals surface area (Å²) in [6.07, 6.45) is 9.06. The van der Waals surface area contributed by atoms with Gasteiger partial charge in [-0.1, -0.05) is 6.92 Å². The maximum Gasteiger partial charge on any atom is 0.0952 e. The Balaban J connectivity index is 2.02. The summed E-state index contributed by atoms with van der Waals surface area (Å²) < 4.78 is 7.85. The summed E-state index contributed by atoms with van der Waals surface area (Å²) in [4.78, 5) is 4.28. The lowest BCUT2D eigenvalue weighted by Gasteiger charge is -2.22. The zero-order chi connectivity index (χ0) is 12.1. The second kappa shape index (κ2) is 6.17. The number of nitrogens with one attached hydrogen (secondary N) is 1. The maximum absolute atomic E-state index is 5.56. The first-order chi connectivity index (χ1) is 8.36. The zero-order valence-electron chi connectivity index (χ0n) is 10.9. The molecule has 1 saturated carbocycles. The lowest BCUT2D eigenvalue weighted by atomic mass is 10.2. The molecule has 1 aromatic rings. The first-order valence-corrected chi connectivity index (χ1v) is 6.61. The van der Waals surface area contributed by atoms with Gasteiger partial charge in [0.2, 0.25) is 0 Å². The molecule has 2 atom stereocenters. The van der Waals surface area contributed by atoms with Gasteiger partial charge in [-0.25, -0.2) is 4.98 Å². The van der Waals surface area contributed by atoms with E-state index in [1.165, 1.54) is 25.0 Å². The van der Waals surface area contributed by atoms with Crippen LogP contribution in [-0.4, -0.2) is 29.3 Å². The molecule has 1 fully saturated rings. The number of hydrogen-bond donors (Lipinski definition) is 1. The molecule has 17 heavy (non-hydrogen) atoms. The van der Waals surface area contributed by atoms with Gasteiger partial charge in [-0.2, -0.15) is 0 Å². The van der Waals surface area contributed by atoms with Crippen molar-refractivity contribution in [1.29, 1.82) is 0 Å². The molecule has 96 valence electrons. The molecule has 1 aliphatic carbocycles. The second-order valence-corrected chi connectivity index (χ2v) is 4.74. The van der Waals surface area contributed by atoms with Gasteiger partial charge in [0, 0.05) is 19.9 Å². The SMILES string of the molecule is CCCNCc1cncn1C1CCCC1OC. The van der Waals surface area contributed by atoms with E-state index < -0.39 is 0 Å². The van der Waals surface area contributed by atoms with Gasteiger partial charge in [-0.3, -0.25) is 0 Å². The zero-order valence-corrected chi connectivity index (χ0v) is 10.9. The first-order valence-electron chi connectivity index (χ1n) is 6.61. The third-order valence-electron chi connectivity index (χ3n) is 3.56. The molecule has 2 unspecified atom stereocenters. The highest BCUT2D eigenvalue weighted by atomic mass is 16.5. The summed E-state index contributed by atoms with van der Waals surface area (Å²) in [7, 11) is 1.81. The van der Waals surface area contributed by atoms with Gasteiger partial charge in [0.25, 0.3) is 0 Å². The number of ether oxygens (including phenoxy) is 1. The fourth-order valence-electron chi connectivity index (χ4n) is 2.66. The Morgan fingerprint density at radius 2 is 2.41 bits per heavy atom. The summed E-state index contributed by atoms with van der Waals surface area (Å²) in [5.41, 5.74) is 1.27. The van der Waals surface area contributed by atoms with E-state index in [1.807, 2.05) is 19.6 Å². The Bertz CT molecular complexity index is 337. The predicted octanol–water partition coefficient (Wildman–Crippen LogP) is 2.12. The fourth-order valence-corrected chi connectivity index (χ4v) is 2.66. The second-order valence-electron chi connectivity index (χ2n) is 4.74. The average molecular weight is 237 g/mol. The van der Waals surface area contributed by atoms with Crippen molar-refractivity contribution < 1.29 is 4.74 Å². The quantitative estimate of drug-likeness (QED) is 0.770. The van der Waals surface area contributed by atoms with Crippen LogP contribution in [0.5, 0.6) is 0 Å². The summed E-state index contributed by atoms with van der Waals surface area (Å²) in [5, 5.41) is 3.43. The van der Waals surface area contributed by atoms with E-state index in [-0.39, 0.29) is 0 Å². The third kappa shape index (κ3) is 2.87. The molecule has 0 saturated heterocycles. The van der Waals surface area contributed by atoms with Crippen LogP contribution in [0.15, 0.2) is 12.5 Å². The molecule has 0 bridgehead atoms. The number of methoxy groups -OCH3 is 1. The highest BCUT2D eigenvalue weighted by Crippen LogP contribution is 2.32. The molecule has 0 aromatic carbocycles. The highest BCUT2D eigenvalue weighted by Gasteiger charge is 2.29. The van der Waals surface area contributed by atoms with E-state index in [0.717, 1.165) is 19.5 Å². The first kappa shape index (κ1) is 12.6. The summed E-state index contributed by atoms with van der Waals surface area (Å²) in [6, 6.07) is 0.473. The molecular formula is C13H23N3O. The largest absolute Gasteiger partial charge is 0.379 e. The summed E-state index contributed by atoms with van der Waals surface area (Å²) >= 11 is 0. The van der Waals surface area contributed by atoms with Gasteiger partial charge in [0.1, 0.15) is 0 Å². The highest BCUT2D eigenvalue weighted by molar-refractivity contribution is 5.02. The van der Waals surface area contributed by atoms with Crippen molar-refractivity contribution in [3.05, 3.63) is 18.2 Å². The van der Waals surface area contributed by atoms with Crippen molar-refractivity contribution in [2.24, 2.45) is 0 Å². The Labute approximate surface area is 103 Å². The normalized spacial score (nSPS) is 24.4. The Kier molecular flexibility index (Phi) is 4.57. The number of nitrogens with zero attached hydrogens (tertiary/aromatic N) is 2. The van der Waals surface area contributed by atoms with E-state index in [0.29, 0.717) is 12.1 Å². The fraction of sp³-hybridized carbons (Fsp3) is 0.769. The summed E-state index contributed by atoms with van der Waals surface area (Å²) in [6.45, 7) is 4.15. The molecule has 1 aromatic heterocycles. The van der Waals surface area contributed by atoms with Crippen LogP contribution in [0.4, 0.5) is 0 Å². The van der Waals surface area contributed by atoms with Crippen molar-refractivity contribution >= 4 is 0 Å². The van der Waals surface area contributed by atoms with E-state index in [1.54, 1.807) is 0 Å². The Morgan fingerprint density at radius 3 is 3.18 bits per heavy atom. The lowest BCUT2D eigenvalue weighted by Crippen LogP contribution is -2.24. The lowest BCUT2D eigenvalue weighted by molar-refractivity contribution is 0.0740. The average Bonchev–Trinajstić information content (AvgIpc) is 2.96. The van der Waals surface area contributed by atoms with E-state index in [4.69, 9.17) is 4.74 Å². The molecule has 1 heterocycles. The van der Waals surface area contributed by atoms with E-state index in [9.17, 15) is 0 Å². The van der Waals surface area contributed by atoms with Gasteiger partial charge in [-0.15, -0.1) is 0 Å². The summed E-state index contributed by atoms with van der Waals surface area (Å²) in [5.74, 6) is 0. The standard InChI is InChI=1S/C13H23N3O/c1-3-7-14-8-11-9-15-10-16(11)12-5-4-6-13(12)17-2/h9-10,12-14H,3-8H2,1-2H3. The molecule has 0 radical (unpaired) electrons. The molecule has 0 aliphatic heterocycles. The van der Waals surface area contributed by atoms with Crippen LogP contribution in [-0.2, 0) is 11.3 Å². The van der Waals surface area contributed by atoms with Gasteiger partial charge in [-0.05, 0) is 32.2 Å². The Hall–Kier alpha value is -0.870. The number of hydrogen-bond acceptors (Lipinski definition) is 3. The maximum atomic E-state index is 5.56. The minimum Gasteiger partial charge on any atom is -0.379 e. The molecular weight excluding hydrogens is 214 g/mol. The predicted molar refractivity (Wildman–Crippen MR) is 67.9 cm³/mol. The van der Waals surface area contributed by atoms with Gasteiger partial charge >= 0.3 is 0 Å². The monoisotopic (exact) mass is 237 g/mol. The third-order valence-corrected chi connectivity index (χ3v) is 3.56. The Morgan fingerprint density at radius 1 is 1.53 bits per heavy atom. The van der Waals surface area contributed by atoms with Crippen molar-refractivity contribution in [2.75, 3.05) is 13.7 Å².